The Kier molecular flexibility index (Phi) is 3.67. The maximum absolute atomic E-state index is 12.4. The van der Waals surface area contributed by atoms with Gasteiger partial charge in [-0.2, -0.15) is 5.10 Å². The van der Waals surface area contributed by atoms with Crippen LogP contribution in [0.5, 0.6) is 0 Å². The molecule has 0 aliphatic carbocycles. The molecule has 1 aromatic heterocycles. The number of hydrogen-bond donors (Lipinski definition) is 2. The summed E-state index contributed by atoms with van der Waals surface area (Å²) < 4.78 is 0. The highest BCUT2D eigenvalue weighted by molar-refractivity contribution is 5.93. The van der Waals surface area contributed by atoms with Crippen LogP contribution in [-0.4, -0.2) is 70.1 Å². The summed E-state index contributed by atoms with van der Waals surface area (Å²) in [6.45, 7) is 5.75. The summed E-state index contributed by atoms with van der Waals surface area (Å²) in [5, 5.41) is 9.50. The zero-order valence-electron chi connectivity index (χ0n) is 12.3. The number of likely N-dealkylation sites (tertiary alicyclic amines) is 1. The second-order valence-electron chi connectivity index (χ2n) is 5.63. The summed E-state index contributed by atoms with van der Waals surface area (Å²) in [5.74, 6) is 0.0749. The molecule has 0 atom stereocenters. The summed E-state index contributed by atoms with van der Waals surface area (Å²) >= 11 is 0. The Morgan fingerprint density at radius 3 is 2.76 bits per heavy atom. The zero-order chi connectivity index (χ0) is 14.9. The third-order valence-corrected chi connectivity index (χ3v) is 4.69. The fraction of sp³-hybridized carbons (Fsp3) is 0.643. The molecule has 1 aromatic rings. The molecular weight excluding hydrogens is 270 g/mol. The SMILES string of the molecule is CCN1CCNC(=O)C12CCN(C(=O)c1ccn[nH]1)CC2. The zero-order valence-corrected chi connectivity index (χ0v) is 12.3. The number of aromatic nitrogens is 2. The number of carbonyl (C=O) groups is 2. The van der Waals surface area contributed by atoms with Crippen molar-refractivity contribution >= 4 is 11.8 Å². The van der Waals surface area contributed by atoms with E-state index in [0.717, 1.165) is 13.1 Å². The Morgan fingerprint density at radius 2 is 2.14 bits per heavy atom. The van der Waals surface area contributed by atoms with E-state index in [9.17, 15) is 9.59 Å². The van der Waals surface area contributed by atoms with Crippen molar-refractivity contribution in [1.82, 2.24) is 25.3 Å². The van der Waals surface area contributed by atoms with Gasteiger partial charge in [-0.1, -0.05) is 6.92 Å². The van der Waals surface area contributed by atoms with Gasteiger partial charge < -0.3 is 10.2 Å². The summed E-state index contributed by atoms with van der Waals surface area (Å²) in [7, 11) is 0. The minimum absolute atomic E-state index is 0.0402. The number of carbonyl (C=O) groups excluding carboxylic acids is 2. The molecule has 7 nitrogen and oxygen atoms in total. The number of hydrogen-bond acceptors (Lipinski definition) is 4. The third-order valence-electron chi connectivity index (χ3n) is 4.69. The Hall–Kier alpha value is -1.89. The number of rotatable bonds is 2. The van der Waals surface area contributed by atoms with Crippen LogP contribution in [-0.2, 0) is 4.79 Å². The monoisotopic (exact) mass is 291 g/mol. The van der Waals surface area contributed by atoms with Gasteiger partial charge in [0, 0.05) is 32.4 Å². The lowest BCUT2D eigenvalue weighted by atomic mass is 9.83. The molecule has 1 spiro atoms. The van der Waals surface area contributed by atoms with E-state index in [1.54, 1.807) is 17.2 Å². The van der Waals surface area contributed by atoms with Crippen LogP contribution in [0.3, 0.4) is 0 Å². The minimum Gasteiger partial charge on any atom is -0.353 e. The van der Waals surface area contributed by atoms with E-state index in [1.165, 1.54) is 0 Å². The van der Waals surface area contributed by atoms with Gasteiger partial charge in [0.15, 0.2) is 0 Å². The molecule has 3 heterocycles. The van der Waals surface area contributed by atoms with E-state index in [0.29, 0.717) is 38.2 Å². The van der Waals surface area contributed by atoms with Gasteiger partial charge in [-0.3, -0.25) is 19.6 Å². The molecule has 0 aromatic carbocycles. The fourth-order valence-corrected chi connectivity index (χ4v) is 3.46. The van der Waals surface area contributed by atoms with Gasteiger partial charge in [0.2, 0.25) is 5.91 Å². The largest absolute Gasteiger partial charge is 0.353 e. The topological polar surface area (TPSA) is 81.3 Å². The van der Waals surface area contributed by atoms with Gasteiger partial charge >= 0.3 is 0 Å². The predicted octanol–water partition coefficient (Wildman–Crippen LogP) is -0.164. The Bertz CT molecular complexity index is 519. The van der Waals surface area contributed by atoms with Crippen molar-refractivity contribution < 1.29 is 9.59 Å². The highest BCUT2D eigenvalue weighted by Gasteiger charge is 2.47. The average Bonchev–Trinajstić information content (AvgIpc) is 3.04. The highest BCUT2D eigenvalue weighted by Crippen LogP contribution is 2.31. The van der Waals surface area contributed by atoms with Crippen LogP contribution >= 0.6 is 0 Å². The number of H-pyrrole nitrogens is 1. The second kappa shape index (κ2) is 5.48. The van der Waals surface area contributed by atoms with Crippen molar-refractivity contribution in [2.24, 2.45) is 0 Å². The number of piperidine rings is 1. The fourth-order valence-electron chi connectivity index (χ4n) is 3.46. The second-order valence-corrected chi connectivity index (χ2v) is 5.63. The van der Waals surface area contributed by atoms with Crippen LogP contribution in [0.15, 0.2) is 12.3 Å². The van der Waals surface area contributed by atoms with Gasteiger partial charge in [0.05, 0.1) is 0 Å². The number of amides is 2. The number of likely N-dealkylation sites (N-methyl/N-ethyl adjacent to an activating group) is 1. The predicted molar refractivity (Wildman–Crippen MR) is 76.7 cm³/mol. The number of nitrogens with zero attached hydrogens (tertiary/aromatic N) is 3. The molecule has 0 bridgehead atoms. The maximum Gasteiger partial charge on any atom is 0.271 e. The molecule has 2 N–H and O–H groups in total. The molecule has 0 saturated carbocycles. The average molecular weight is 291 g/mol. The molecule has 7 heteroatoms. The van der Waals surface area contributed by atoms with Crippen LogP contribution in [0.4, 0.5) is 0 Å². The van der Waals surface area contributed by atoms with Gasteiger partial charge in [0.25, 0.3) is 5.91 Å². The van der Waals surface area contributed by atoms with Crippen molar-refractivity contribution in [1.29, 1.82) is 0 Å². The molecule has 2 amide bonds. The van der Waals surface area contributed by atoms with Crippen molar-refractivity contribution in [3.8, 4) is 0 Å². The lowest BCUT2D eigenvalue weighted by molar-refractivity contribution is -0.140. The van der Waals surface area contributed by atoms with Crippen LogP contribution in [0.1, 0.15) is 30.3 Å². The van der Waals surface area contributed by atoms with Crippen molar-refractivity contribution in [2.75, 3.05) is 32.7 Å². The van der Waals surface area contributed by atoms with E-state index >= 15 is 0 Å². The summed E-state index contributed by atoms with van der Waals surface area (Å²) in [5.41, 5.74) is 0.0731. The Balaban J connectivity index is 1.71. The molecule has 0 unspecified atom stereocenters. The molecule has 2 fully saturated rings. The van der Waals surface area contributed by atoms with Crippen molar-refractivity contribution in [3.63, 3.8) is 0 Å². The van der Waals surface area contributed by atoms with Gasteiger partial charge in [-0.05, 0) is 25.5 Å². The first-order chi connectivity index (χ1) is 10.2. The summed E-state index contributed by atoms with van der Waals surface area (Å²) in [6.07, 6.45) is 2.95. The molecule has 114 valence electrons. The summed E-state index contributed by atoms with van der Waals surface area (Å²) in [6, 6.07) is 1.68. The molecular formula is C14H21N5O2. The van der Waals surface area contributed by atoms with Crippen LogP contribution in [0, 0.1) is 0 Å². The maximum atomic E-state index is 12.4. The Labute approximate surface area is 123 Å². The lowest BCUT2D eigenvalue weighted by Crippen LogP contribution is -2.68. The van der Waals surface area contributed by atoms with E-state index < -0.39 is 5.54 Å². The Morgan fingerprint density at radius 1 is 1.38 bits per heavy atom. The molecule has 21 heavy (non-hydrogen) atoms. The molecule has 2 aliphatic rings. The lowest BCUT2D eigenvalue weighted by Gasteiger charge is -2.49. The van der Waals surface area contributed by atoms with Crippen molar-refractivity contribution in [3.05, 3.63) is 18.0 Å². The van der Waals surface area contributed by atoms with E-state index in [4.69, 9.17) is 0 Å². The third kappa shape index (κ3) is 2.31. The first-order valence-corrected chi connectivity index (χ1v) is 7.49. The molecule has 0 radical (unpaired) electrons. The van der Waals surface area contributed by atoms with Crippen molar-refractivity contribution in [2.45, 2.75) is 25.3 Å². The van der Waals surface area contributed by atoms with Gasteiger partial charge in [-0.25, -0.2) is 0 Å². The number of piperazine rings is 1. The van der Waals surface area contributed by atoms with Gasteiger partial charge in [0.1, 0.15) is 11.2 Å². The highest BCUT2D eigenvalue weighted by atomic mass is 16.2. The standard InChI is InChI=1S/C14H21N5O2/c1-2-19-10-7-15-13(21)14(19)4-8-18(9-5-14)12(20)11-3-6-16-17-11/h3,6H,2,4-5,7-10H2,1H3,(H,15,21)(H,16,17). The minimum atomic E-state index is -0.433. The summed E-state index contributed by atoms with van der Waals surface area (Å²) in [4.78, 5) is 28.7. The van der Waals surface area contributed by atoms with Gasteiger partial charge in [-0.15, -0.1) is 0 Å². The van der Waals surface area contributed by atoms with Crippen LogP contribution in [0.25, 0.3) is 0 Å². The van der Waals surface area contributed by atoms with E-state index in [-0.39, 0.29) is 11.8 Å². The quantitative estimate of drug-likeness (QED) is 0.793. The number of aromatic amines is 1. The van der Waals surface area contributed by atoms with Crippen LogP contribution in [0.2, 0.25) is 0 Å². The van der Waals surface area contributed by atoms with E-state index in [2.05, 4.69) is 27.3 Å². The molecule has 2 saturated heterocycles. The smallest absolute Gasteiger partial charge is 0.271 e. The first-order valence-electron chi connectivity index (χ1n) is 7.49. The molecule has 2 aliphatic heterocycles. The molecule has 3 rings (SSSR count). The normalized spacial score (nSPS) is 22.3. The van der Waals surface area contributed by atoms with Crippen LogP contribution < -0.4 is 5.32 Å². The number of nitrogens with one attached hydrogen (secondary N) is 2. The van der Waals surface area contributed by atoms with E-state index in [1.807, 2.05) is 0 Å². The first kappa shape index (κ1) is 14.1.